The van der Waals surface area contributed by atoms with Crippen LogP contribution in [0.15, 0.2) is 6.20 Å². The molecule has 1 aromatic rings. The number of hydrogen-bond acceptors (Lipinski definition) is 4. The molecule has 1 heterocycles. The molecule has 1 saturated carbocycles. The molecule has 0 bridgehead atoms. The van der Waals surface area contributed by atoms with Gasteiger partial charge in [0.05, 0.1) is 11.0 Å². The van der Waals surface area contributed by atoms with Gasteiger partial charge in [-0.25, -0.2) is 4.98 Å². The standard InChI is InChI=1S/C11H17N3OS/c1-7(11(15)14-9-3-4-9)12-5-10-6-13-8(2)16-10/h6-7,9,12H,3-5H2,1-2H3,(H,14,15). The molecule has 1 atom stereocenters. The van der Waals surface area contributed by atoms with Gasteiger partial charge in [-0.2, -0.15) is 0 Å². The summed E-state index contributed by atoms with van der Waals surface area (Å²) >= 11 is 1.66. The van der Waals surface area contributed by atoms with Gasteiger partial charge in [-0.15, -0.1) is 11.3 Å². The zero-order valence-electron chi connectivity index (χ0n) is 9.62. The first kappa shape index (κ1) is 11.5. The predicted octanol–water partition coefficient (Wildman–Crippen LogP) is 1.21. The van der Waals surface area contributed by atoms with Crippen LogP contribution in [0.5, 0.6) is 0 Å². The van der Waals surface area contributed by atoms with Gasteiger partial charge in [0.15, 0.2) is 0 Å². The molecule has 0 aromatic carbocycles. The van der Waals surface area contributed by atoms with Crippen LogP contribution in [0.3, 0.4) is 0 Å². The minimum atomic E-state index is -0.136. The number of aromatic nitrogens is 1. The van der Waals surface area contributed by atoms with Crippen molar-refractivity contribution in [3.8, 4) is 0 Å². The van der Waals surface area contributed by atoms with E-state index in [0.29, 0.717) is 12.6 Å². The number of aryl methyl sites for hydroxylation is 1. The molecule has 16 heavy (non-hydrogen) atoms. The third kappa shape index (κ3) is 3.28. The molecule has 1 fully saturated rings. The zero-order chi connectivity index (χ0) is 11.5. The molecular formula is C11H17N3OS. The summed E-state index contributed by atoms with van der Waals surface area (Å²) in [5.41, 5.74) is 0. The van der Waals surface area contributed by atoms with Gasteiger partial charge in [0.1, 0.15) is 0 Å². The number of carbonyl (C=O) groups is 1. The average molecular weight is 239 g/mol. The average Bonchev–Trinajstić information content (AvgIpc) is 2.96. The number of amides is 1. The molecule has 1 aromatic heterocycles. The maximum atomic E-state index is 11.6. The smallest absolute Gasteiger partial charge is 0.237 e. The Balaban J connectivity index is 1.73. The van der Waals surface area contributed by atoms with Crippen LogP contribution in [-0.4, -0.2) is 23.0 Å². The molecule has 0 aliphatic heterocycles. The monoisotopic (exact) mass is 239 g/mol. The third-order valence-corrected chi connectivity index (χ3v) is 3.48. The van der Waals surface area contributed by atoms with Crippen molar-refractivity contribution in [3.05, 3.63) is 16.1 Å². The molecule has 1 amide bonds. The highest BCUT2D eigenvalue weighted by atomic mass is 32.1. The van der Waals surface area contributed by atoms with Crippen LogP contribution >= 0.6 is 11.3 Å². The predicted molar refractivity (Wildman–Crippen MR) is 64.3 cm³/mol. The molecule has 0 saturated heterocycles. The van der Waals surface area contributed by atoms with Crippen LogP contribution in [0, 0.1) is 6.92 Å². The first-order valence-electron chi connectivity index (χ1n) is 5.60. The summed E-state index contributed by atoms with van der Waals surface area (Å²) in [6.07, 6.45) is 4.12. The van der Waals surface area contributed by atoms with Gasteiger partial charge in [-0.3, -0.25) is 4.79 Å². The van der Waals surface area contributed by atoms with E-state index in [1.54, 1.807) is 11.3 Å². The second-order valence-electron chi connectivity index (χ2n) is 4.23. The van der Waals surface area contributed by atoms with Gasteiger partial charge in [0.2, 0.25) is 5.91 Å². The Morgan fingerprint density at radius 1 is 1.69 bits per heavy atom. The van der Waals surface area contributed by atoms with Crippen LogP contribution in [0.1, 0.15) is 29.7 Å². The van der Waals surface area contributed by atoms with Gasteiger partial charge in [-0.05, 0) is 26.7 Å². The van der Waals surface area contributed by atoms with Crippen molar-refractivity contribution in [1.29, 1.82) is 0 Å². The highest BCUT2D eigenvalue weighted by molar-refractivity contribution is 7.11. The summed E-state index contributed by atoms with van der Waals surface area (Å²) in [4.78, 5) is 17.0. The van der Waals surface area contributed by atoms with Gasteiger partial charge >= 0.3 is 0 Å². The fraction of sp³-hybridized carbons (Fsp3) is 0.636. The highest BCUT2D eigenvalue weighted by Gasteiger charge is 2.25. The second-order valence-corrected chi connectivity index (χ2v) is 5.55. The molecule has 2 N–H and O–H groups in total. The molecule has 88 valence electrons. The van der Waals surface area contributed by atoms with E-state index in [-0.39, 0.29) is 11.9 Å². The fourth-order valence-electron chi connectivity index (χ4n) is 1.39. The van der Waals surface area contributed by atoms with E-state index in [2.05, 4.69) is 15.6 Å². The minimum Gasteiger partial charge on any atom is -0.352 e. The zero-order valence-corrected chi connectivity index (χ0v) is 10.4. The van der Waals surface area contributed by atoms with Crippen LogP contribution in [0.2, 0.25) is 0 Å². The normalized spacial score (nSPS) is 17.1. The van der Waals surface area contributed by atoms with Crippen LogP contribution < -0.4 is 10.6 Å². The lowest BCUT2D eigenvalue weighted by atomic mass is 10.3. The number of rotatable bonds is 5. The van der Waals surface area contributed by atoms with Crippen LogP contribution in [0.25, 0.3) is 0 Å². The largest absolute Gasteiger partial charge is 0.352 e. The first-order valence-corrected chi connectivity index (χ1v) is 6.42. The second kappa shape index (κ2) is 4.93. The lowest BCUT2D eigenvalue weighted by molar-refractivity contribution is -0.122. The van der Waals surface area contributed by atoms with Crippen LogP contribution in [-0.2, 0) is 11.3 Å². The molecule has 1 aliphatic carbocycles. The van der Waals surface area contributed by atoms with E-state index in [0.717, 1.165) is 17.8 Å². The molecule has 1 aliphatic rings. The van der Waals surface area contributed by atoms with Gasteiger partial charge in [-0.1, -0.05) is 0 Å². The molecule has 0 radical (unpaired) electrons. The van der Waals surface area contributed by atoms with E-state index in [4.69, 9.17) is 0 Å². The van der Waals surface area contributed by atoms with E-state index in [1.165, 1.54) is 4.88 Å². The first-order chi connectivity index (χ1) is 7.65. The molecule has 4 nitrogen and oxygen atoms in total. The van der Waals surface area contributed by atoms with Gasteiger partial charge in [0.25, 0.3) is 0 Å². The van der Waals surface area contributed by atoms with Crippen LogP contribution in [0.4, 0.5) is 0 Å². The van der Waals surface area contributed by atoms with Crippen molar-refractivity contribution in [2.75, 3.05) is 0 Å². The number of thiazole rings is 1. The molecule has 5 heteroatoms. The van der Waals surface area contributed by atoms with E-state index in [9.17, 15) is 4.79 Å². The Kier molecular flexibility index (Phi) is 3.56. The Bertz CT molecular complexity index is 373. The summed E-state index contributed by atoms with van der Waals surface area (Å²) in [5, 5.41) is 7.25. The molecular weight excluding hydrogens is 222 g/mol. The maximum absolute atomic E-state index is 11.6. The van der Waals surface area contributed by atoms with E-state index >= 15 is 0 Å². The number of nitrogens with one attached hydrogen (secondary N) is 2. The summed E-state index contributed by atoms with van der Waals surface area (Å²) in [6.45, 7) is 4.59. The maximum Gasteiger partial charge on any atom is 0.237 e. The third-order valence-electron chi connectivity index (χ3n) is 2.57. The van der Waals surface area contributed by atoms with E-state index in [1.807, 2.05) is 20.0 Å². The van der Waals surface area contributed by atoms with Crippen molar-refractivity contribution in [1.82, 2.24) is 15.6 Å². The molecule has 0 spiro atoms. The SMILES string of the molecule is Cc1ncc(CNC(C)C(=O)NC2CC2)s1. The lowest BCUT2D eigenvalue weighted by Gasteiger charge is -2.12. The Morgan fingerprint density at radius 3 is 3.00 bits per heavy atom. The topological polar surface area (TPSA) is 54.0 Å². The lowest BCUT2D eigenvalue weighted by Crippen LogP contribution is -2.42. The van der Waals surface area contributed by atoms with Crippen molar-refractivity contribution in [2.24, 2.45) is 0 Å². The minimum absolute atomic E-state index is 0.101. The Labute approximate surface area is 99.5 Å². The van der Waals surface area contributed by atoms with Crippen molar-refractivity contribution < 1.29 is 4.79 Å². The van der Waals surface area contributed by atoms with Crippen molar-refractivity contribution in [2.45, 2.75) is 45.3 Å². The summed E-state index contributed by atoms with van der Waals surface area (Å²) in [6, 6.07) is 0.297. The van der Waals surface area contributed by atoms with Gasteiger partial charge < -0.3 is 10.6 Å². The molecule has 2 rings (SSSR count). The highest BCUT2D eigenvalue weighted by Crippen LogP contribution is 2.18. The van der Waals surface area contributed by atoms with Gasteiger partial charge in [0, 0.05) is 23.7 Å². The number of nitrogens with zero attached hydrogens (tertiary/aromatic N) is 1. The van der Waals surface area contributed by atoms with Crippen molar-refractivity contribution >= 4 is 17.2 Å². The van der Waals surface area contributed by atoms with Crippen molar-refractivity contribution in [3.63, 3.8) is 0 Å². The fourth-order valence-corrected chi connectivity index (χ4v) is 2.13. The summed E-state index contributed by atoms with van der Waals surface area (Å²) in [7, 11) is 0. The summed E-state index contributed by atoms with van der Waals surface area (Å²) < 4.78 is 0. The Hall–Kier alpha value is -0.940. The quantitative estimate of drug-likeness (QED) is 0.812. The van der Waals surface area contributed by atoms with E-state index < -0.39 is 0 Å². The molecule has 1 unspecified atom stereocenters. The summed E-state index contributed by atoms with van der Waals surface area (Å²) in [5.74, 6) is 0.101. The Morgan fingerprint density at radius 2 is 2.44 bits per heavy atom. The number of hydrogen-bond donors (Lipinski definition) is 2. The number of carbonyl (C=O) groups excluding carboxylic acids is 1.